The van der Waals surface area contributed by atoms with Gasteiger partial charge in [-0.1, -0.05) is 5.46 Å². The number of benzene rings is 1. The van der Waals surface area contributed by atoms with E-state index in [4.69, 9.17) is 13.1 Å². The first-order valence-corrected chi connectivity index (χ1v) is 3.51. The molecule has 1 aromatic rings. The maximum Gasteiger partial charge on any atom is 0.270 e. The largest absolute Gasteiger partial charge is 0.270 e. The molecule has 2 radical (unpaired) electrons. The number of nitro groups is 1. The fourth-order valence-electron chi connectivity index (χ4n) is 0.942. The second-order valence-electron chi connectivity index (χ2n) is 2.58. The van der Waals surface area contributed by atoms with E-state index in [-0.39, 0.29) is 16.7 Å². The molecule has 0 fully saturated rings. The van der Waals surface area contributed by atoms with Crippen LogP contribution in [0.1, 0.15) is 11.1 Å². The molecule has 0 saturated heterocycles. The predicted molar refractivity (Wildman–Crippen MR) is 47.9 cm³/mol. The zero-order chi connectivity index (χ0) is 10.0. The van der Waals surface area contributed by atoms with Crippen molar-refractivity contribution in [3.8, 4) is 6.07 Å². The van der Waals surface area contributed by atoms with E-state index in [2.05, 4.69) is 0 Å². The van der Waals surface area contributed by atoms with Gasteiger partial charge in [0.1, 0.15) is 7.85 Å². The summed E-state index contributed by atoms with van der Waals surface area (Å²) in [5.41, 5.74) is 0.935. The normalized spacial score (nSPS) is 9.23. The predicted octanol–water partition coefficient (Wildman–Crippen LogP) is 0.569. The van der Waals surface area contributed by atoms with E-state index in [9.17, 15) is 10.1 Å². The van der Waals surface area contributed by atoms with Crippen molar-refractivity contribution in [3.63, 3.8) is 0 Å². The maximum atomic E-state index is 10.4. The van der Waals surface area contributed by atoms with Gasteiger partial charge in [0.05, 0.1) is 16.6 Å². The van der Waals surface area contributed by atoms with Crippen molar-refractivity contribution in [1.29, 1.82) is 5.26 Å². The van der Waals surface area contributed by atoms with Crippen molar-refractivity contribution in [3.05, 3.63) is 33.4 Å². The minimum Gasteiger partial charge on any atom is -0.258 e. The lowest BCUT2D eigenvalue weighted by Crippen LogP contribution is -2.10. The monoisotopic (exact) mass is 172 g/mol. The molecule has 0 heterocycles. The van der Waals surface area contributed by atoms with E-state index < -0.39 is 4.92 Å². The quantitative estimate of drug-likeness (QED) is 0.353. The van der Waals surface area contributed by atoms with Crippen LogP contribution >= 0.6 is 0 Å². The minimum absolute atomic E-state index is 0.153. The van der Waals surface area contributed by atoms with Gasteiger partial charge in [-0.2, -0.15) is 5.26 Å². The zero-order valence-corrected chi connectivity index (χ0v) is 6.94. The van der Waals surface area contributed by atoms with Crippen LogP contribution in [0.25, 0.3) is 0 Å². The lowest BCUT2D eigenvalue weighted by atomic mass is 9.88. The standard InChI is InChI=1S/C8H5BN2O2/c1-5-6(4-10)2-7(11(12)13)3-8(5)9/h2-3H,1H3. The van der Waals surface area contributed by atoms with Gasteiger partial charge < -0.3 is 0 Å². The average molecular weight is 172 g/mol. The number of nitriles is 1. The van der Waals surface area contributed by atoms with Crippen molar-refractivity contribution in [2.75, 3.05) is 0 Å². The molecule has 0 unspecified atom stereocenters. The fourth-order valence-corrected chi connectivity index (χ4v) is 0.942. The Balaban J connectivity index is 3.41. The van der Waals surface area contributed by atoms with E-state index in [1.54, 1.807) is 6.92 Å². The summed E-state index contributed by atoms with van der Waals surface area (Å²) in [5.74, 6) is 0. The highest BCUT2D eigenvalue weighted by Crippen LogP contribution is 2.13. The molecule has 62 valence electrons. The summed E-state index contributed by atoms with van der Waals surface area (Å²) in [7, 11) is 5.48. The molecular weight excluding hydrogens is 167 g/mol. The van der Waals surface area contributed by atoms with Crippen LogP contribution in [0.5, 0.6) is 0 Å². The third-order valence-electron chi connectivity index (χ3n) is 1.76. The topological polar surface area (TPSA) is 66.9 Å². The third kappa shape index (κ3) is 1.67. The molecule has 5 heteroatoms. The number of hydrogen-bond donors (Lipinski definition) is 0. The molecule has 0 atom stereocenters. The SMILES string of the molecule is [B]c1cc([N+](=O)[O-])cc(C#N)c1C. The van der Waals surface area contributed by atoms with Crippen LogP contribution in [0.2, 0.25) is 0 Å². The lowest BCUT2D eigenvalue weighted by Gasteiger charge is -2.01. The van der Waals surface area contributed by atoms with Crippen molar-refractivity contribution in [2.24, 2.45) is 0 Å². The molecule has 0 aliphatic heterocycles. The van der Waals surface area contributed by atoms with Gasteiger partial charge in [0.25, 0.3) is 5.69 Å². The summed E-state index contributed by atoms with van der Waals surface area (Å²) in [4.78, 5) is 9.80. The average Bonchev–Trinajstić information content (AvgIpc) is 2.09. The highest BCUT2D eigenvalue weighted by atomic mass is 16.6. The Kier molecular flexibility index (Phi) is 2.33. The van der Waals surface area contributed by atoms with E-state index in [1.807, 2.05) is 6.07 Å². The summed E-state index contributed by atoms with van der Waals surface area (Å²) >= 11 is 0. The number of non-ortho nitro benzene ring substituents is 1. The molecule has 1 rings (SSSR count). The van der Waals surface area contributed by atoms with Crippen LogP contribution in [0, 0.1) is 28.4 Å². The van der Waals surface area contributed by atoms with Gasteiger partial charge in [0.15, 0.2) is 0 Å². The molecule has 0 N–H and O–H groups in total. The molecule has 0 saturated carbocycles. The van der Waals surface area contributed by atoms with Gasteiger partial charge in [-0.15, -0.1) is 0 Å². The minimum atomic E-state index is -0.573. The fraction of sp³-hybridized carbons (Fsp3) is 0.125. The molecule has 0 amide bonds. The van der Waals surface area contributed by atoms with Crippen molar-refractivity contribution in [2.45, 2.75) is 6.92 Å². The molecule has 13 heavy (non-hydrogen) atoms. The second kappa shape index (κ2) is 3.27. The lowest BCUT2D eigenvalue weighted by molar-refractivity contribution is -0.384. The Hall–Kier alpha value is -1.83. The summed E-state index contributed by atoms with van der Waals surface area (Å²) in [6, 6.07) is 4.31. The number of nitrogens with zero attached hydrogens (tertiary/aromatic N) is 2. The summed E-state index contributed by atoms with van der Waals surface area (Å²) in [5, 5.41) is 19.0. The highest BCUT2D eigenvalue weighted by molar-refractivity contribution is 6.33. The Morgan fingerprint density at radius 2 is 2.23 bits per heavy atom. The molecular formula is C8H5BN2O2. The van der Waals surface area contributed by atoms with Crippen molar-refractivity contribution >= 4 is 19.0 Å². The van der Waals surface area contributed by atoms with Crippen LogP contribution in [0.15, 0.2) is 12.1 Å². The van der Waals surface area contributed by atoms with Gasteiger partial charge in [-0.05, 0) is 12.5 Å². The Labute approximate surface area is 76.4 Å². The summed E-state index contributed by atoms with van der Waals surface area (Å²) in [6.45, 7) is 1.65. The van der Waals surface area contributed by atoms with Crippen LogP contribution in [-0.4, -0.2) is 12.8 Å². The van der Waals surface area contributed by atoms with E-state index in [1.165, 1.54) is 12.1 Å². The smallest absolute Gasteiger partial charge is 0.258 e. The van der Waals surface area contributed by atoms with Crippen molar-refractivity contribution < 1.29 is 4.92 Å². The Bertz CT molecular complexity index is 409. The third-order valence-corrected chi connectivity index (χ3v) is 1.76. The van der Waals surface area contributed by atoms with Gasteiger partial charge in [0.2, 0.25) is 0 Å². The van der Waals surface area contributed by atoms with Crippen LogP contribution in [0.4, 0.5) is 5.69 Å². The second-order valence-corrected chi connectivity index (χ2v) is 2.58. The molecule has 0 spiro atoms. The first-order chi connectivity index (χ1) is 6.06. The number of rotatable bonds is 1. The molecule has 0 aliphatic rings. The van der Waals surface area contributed by atoms with Gasteiger partial charge in [0, 0.05) is 12.1 Å². The van der Waals surface area contributed by atoms with Gasteiger partial charge >= 0.3 is 0 Å². The molecule has 1 aromatic carbocycles. The van der Waals surface area contributed by atoms with Crippen molar-refractivity contribution in [1.82, 2.24) is 0 Å². The number of hydrogen-bond acceptors (Lipinski definition) is 3. The van der Waals surface area contributed by atoms with E-state index in [0.717, 1.165) is 0 Å². The van der Waals surface area contributed by atoms with Gasteiger partial charge in [-0.3, -0.25) is 10.1 Å². The number of nitro benzene ring substituents is 1. The van der Waals surface area contributed by atoms with Crippen LogP contribution < -0.4 is 5.46 Å². The Morgan fingerprint density at radius 1 is 1.62 bits per heavy atom. The summed E-state index contributed by atoms with van der Waals surface area (Å²) in [6.07, 6.45) is 0. The molecule has 0 aliphatic carbocycles. The van der Waals surface area contributed by atoms with E-state index in [0.29, 0.717) is 5.56 Å². The highest BCUT2D eigenvalue weighted by Gasteiger charge is 2.10. The molecule has 0 bridgehead atoms. The van der Waals surface area contributed by atoms with E-state index >= 15 is 0 Å². The van der Waals surface area contributed by atoms with Crippen LogP contribution in [0.3, 0.4) is 0 Å². The first-order valence-electron chi connectivity index (χ1n) is 3.51. The summed E-state index contributed by atoms with van der Waals surface area (Å²) < 4.78 is 0. The van der Waals surface area contributed by atoms with Gasteiger partial charge in [-0.25, -0.2) is 0 Å². The maximum absolute atomic E-state index is 10.4. The first kappa shape index (κ1) is 9.26. The Morgan fingerprint density at radius 3 is 2.69 bits per heavy atom. The van der Waals surface area contributed by atoms with Crippen LogP contribution in [-0.2, 0) is 0 Å². The molecule has 4 nitrogen and oxygen atoms in total. The zero-order valence-electron chi connectivity index (χ0n) is 6.94. The molecule has 0 aromatic heterocycles.